The molecule has 1 aliphatic carbocycles. The van der Waals surface area contributed by atoms with Gasteiger partial charge in [0.25, 0.3) is 0 Å². The largest absolute Gasteiger partial charge is 0.492 e. The summed E-state index contributed by atoms with van der Waals surface area (Å²) in [5, 5.41) is 11.6. The van der Waals surface area contributed by atoms with E-state index in [0.717, 1.165) is 38.0 Å². The number of methoxy groups -OCH3 is 1. The Morgan fingerprint density at radius 3 is 2.74 bits per heavy atom. The second kappa shape index (κ2) is 12.2. The van der Waals surface area contributed by atoms with E-state index in [9.17, 15) is 9.90 Å². The number of hydrogen-bond donors (Lipinski definition) is 1. The van der Waals surface area contributed by atoms with E-state index in [-0.39, 0.29) is 36.0 Å². The molecule has 0 unspecified atom stereocenters. The molecule has 6 nitrogen and oxygen atoms in total. The van der Waals surface area contributed by atoms with Crippen molar-refractivity contribution in [2.24, 2.45) is 23.7 Å². The third-order valence-electron chi connectivity index (χ3n) is 11.0. The molecule has 42 heavy (non-hydrogen) atoms. The lowest BCUT2D eigenvalue weighted by atomic mass is 9.68. The molecule has 1 saturated carbocycles. The number of unbranched alkanes of at least 4 members (excludes halogenated alkanes) is 2. The number of fused-ring (bicyclic) bond motifs is 4. The number of piperidine rings is 1. The second-order valence-corrected chi connectivity index (χ2v) is 13.3. The van der Waals surface area contributed by atoms with Crippen LogP contribution in [0.1, 0.15) is 96.1 Å². The first kappa shape index (κ1) is 29.5. The highest BCUT2D eigenvalue weighted by Crippen LogP contribution is 2.57. The summed E-state index contributed by atoms with van der Waals surface area (Å²) in [5.74, 6) is 3.93. The van der Waals surface area contributed by atoms with Gasteiger partial charge in [0.2, 0.25) is 5.76 Å². The molecule has 1 aromatic carbocycles. The first-order valence-electron chi connectivity index (χ1n) is 16.5. The molecular formula is C36H49NO5. The Labute approximate surface area is 251 Å². The highest BCUT2D eigenvalue weighted by molar-refractivity contribution is 5.93. The monoisotopic (exact) mass is 575 g/mol. The van der Waals surface area contributed by atoms with E-state index in [1.807, 2.05) is 0 Å². The number of esters is 1. The molecule has 1 aromatic rings. The number of aliphatic hydroxyl groups excluding tert-OH is 1. The topological polar surface area (TPSA) is 68.2 Å². The van der Waals surface area contributed by atoms with Gasteiger partial charge in [0, 0.05) is 30.5 Å². The van der Waals surface area contributed by atoms with Gasteiger partial charge in [-0.3, -0.25) is 4.90 Å². The van der Waals surface area contributed by atoms with Crippen molar-refractivity contribution in [3.05, 3.63) is 70.1 Å². The number of hydrogen-bond acceptors (Lipinski definition) is 6. The summed E-state index contributed by atoms with van der Waals surface area (Å²) in [6, 6.07) is 9.80. The zero-order valence-corrected chi connectivity index (χ0v) is 26.1. The van der Waals surface area contributed by atoms with Crippen LogP contribution in [0.2, 0.25) is 0 Å². The number of carbonyl (C=O) groups is 1. The van der Waals surface area contributed by atoms with Crippen molar-refractivity contribution in [3.63, 3.8) is 0 Å². The molecule has 0 spiro atoms. The van der Waals surface area contributed by atoms with E-state index in [4.69, 9.17) is 14.2 Å². The van der Waals surface area contributed by atoms with Gasteiger partial charge in [-0.15, -0.1) is 0 Å². The molecule has 0 radical (unpaired) electrons. The molecule has 8 atom stereocenters. The van der Waals surface area contributed by atoms with E-state index >= 15 is 0 Å². The number of carbonyl (C=O) groups excluding carboxylic acids is 1. The zero-order chi connectivity index (χ0) is 29.5. The number of rotatable bonds is 8. The van der Waals surface area contributed by atoms with Gasteiger partial charge in [-0.05, 0) is 86.8 Å². The fraction of sp³-hybridized carbons (Fsp3) is 0.639. The van der Waals surface area contributed by atoms with Gasteiger partial charge in [-0.25, -0.2) is 4.79 Å². The number of ether oxygens (including phenoxy) is 3. The summed E-state index contributed by atoms with van der Waals surface area (Å²) in [6.45, 7) is 9.27. The molecular weight excluding hydrogens is 526 g/mol. The predicted molar refractivity (Wildman–Crippen MR) is 163 cm³/mol. The normalized spacial score (nSPS) is 35.1. The quantitative estimate of drug-likeness (QED) is 0.266. The standard InChI is InChI=1S/C36H49NO5/c1-6-8-9-12-23-13-10-14-24(19-23)25-16-17-26-27(25)20-28-31-21(3)34(35-33(40-5)22(4)36(39)42-35)41-30(31)15-11-18-37(28)32(26)29(38)7-2/h10,13-15,19,21,25-29,31-32,38H,6-9,11-12,16-18,20H2,1-5H3/t21-,25+,26-,27-,28+,29-,31-,32-/m0/s1. The van der Waals surface area contributed by atoms with Crippen LogP contribution in [-0.2, 0) is 25.4 Å². The van der Waals surface area contributed by atoms with Crippen molar-refractivity contribution in [3.8, 4) is 0 Å². The number of benzene rings is 1. The first-order valence-corrected chi connectivity index (χ1v) is 16.5. The molecule has 0 aromatic heterocycles. The predicted octanol–water partition coefficient (Wildman–Crippen LogP) is 7.00. The Hall–Kier alpha value is -2.57. The van der Waals surface area contributed by atoms with Crippen LogP contribution in [0.3, 0.4) is 0 Å². The van der Waals surface area contributed by atoms with Crippen LogP contribution in [0, 0.1) is 23.7 Å². The molecule has 0 bridgehead atoms. The average molecular weight is 576 g/mol. The number of cyclic esters (lactones) is 1. The van der Waals surface area contributed by atoms with Gasteiger partial charge in [0.15, 0.2) is 11.5 Å². The number of aliphatic hydroxyl groups is 1. The fourth-order valence-electron chi connectivity index (χ4n) is 9.02. The van der Waals surface area contributed by atoms with Crippen LogP contribution in [0.15, 0.2) is 59.0 Å². The molecule has 5 aliphatic rings. The highest BCUT2D eigenvalue weighted by atomic mass is 16.6. The lowest BCUT2D eigenvalue weighted by molar-refractivity contribution is -0.133. The third kappa shape index (κ3) is 5.02. The van der Waals surface area contributed by atoms with Crippen LogP contribution < -0.4 is 0 Å². The smallest absolute Gasteiger partial charge is 0.343 e. The van der Waals surface area contributed by atoms with Gasteiger partial charge >= 0.3 is 5.97 Å². The minimum absolute atomic E-state index is 0.0263. The van der Waals surface area contributed by atoms with Crippen molar-refractivity contribution in [1.82, 2.24) is 4.90 Å². The van der Waals surface area contributed by atoms with Crippen molar-refractivity contribution >= 4 is 5.97 Å². The van der Waals surface area contributed by atoms with Crippen LogP contribution in [0.25, 0.3) is 0 Å². The van der Waals surface area contributed by atoms with E-state index in [2.05, 4.69) is 56.0 Å². The Bertz CT molecular complexity index is 1280. The molecule has 228 valence electrons. The van der Waals surface area contributed by atoms with E-state index < -0.39 is 0 Å². The molecule has 6 rings (SSSR count). The van der Waals surface area contributed by atoms with Gasteiger partial charge < -0.3 is 19.3 Å². The van der Waals surface area contributed by atoms with Gasteiger partial charge in [0.05, 0.1) is 18.8 Å². The van der Waals surface area contributed by atoms with Crippen LogP contribution in [-0.4, -0.2) is 47.8 Å². The molecule has 6 heteroatoms. The minimum atomic E-state index is -0.370. The first-order chi connectivity index (χ1) is 20.4. The molecule has 4 heterocycles. The Morgan fingerprint density at radius 2 is 1.98 bits per heavy atom. The van der Waals surface area contributed by atoms with Crippen molar-refractivity contribution in [2.75, 3.05) is 13.7 Å². The molecule has 4 aliphatic heterocycles. The minimum Gasteiger partial charge on any atom is -0.492 e. The maximum atomic E-state index is 12.5. The summed E-state index contributed by atoms with van der Waals surface area (Å²) in [4.78, 5) is 15.1. The third-order valence-corrected chi connectivity index (χ3v) is 11.0. The van der Waals surface area contributed by atoms with E-state index in [0.29, 0.717) is 40.6 Å². The van der Waals surface area contributed by atoms with E-state index in [1.54, 1.807) is 14.0 Å². The van der Waals surface area contributed by atoms with Crippen molar-refractivity contribution in [2.45, 2.75) is 110 Å². The molecule has 0 amide bonds. The summed E-state index contributed by atoms with van der Waals surface area (Å²) < 4.78 is 17.9. The molecule has 3 fully saturated rings. The lowest BCUT2D eigenvalue weighted by Gasteiger charge is -2.52. The highest BCUT2D eigenvalue weighted by Gasteiger charge is 2.56. The SMILES string of the molecule is CCCCCc1cccc([C@H]2CC[C@H]3[C@H]2C[C@@H]2[C@H]4C(=CCCN2[C@@H]3[C@@H](O)CC)OC(=C2OC(=O)C(C)=C2OC)[C@H]4C)c1. The van der Waals surface area contributed by atoms with Crippen molar-refractivity contribution in [1.29, 1.82) is 0 Å². The summed E-state index contributed by atoms with van der Waals surface area (Å²) >= 11 is 0. The van der Waals surface area contributed by atoms with Crippen LogP contribution in [0.5, 0.6) is 0 Å². The van der Waals surface area contributed by atoms with Crippen molar-refractivity contribution < 1.29 is 24.1 Å². The summed E-state index contributed by atoms with van der Waals surface area (Å²) in [5.41, 5.74) is 3.43. The second-order valence-electron chi connectivity index (χ2n) is 13.3. The Balaban J connectivity index is 1.34. The number of allylic oxidation sites excluding steroid dienone is 1. The van der Waals surface area contributed by atoms with Crippen LogP contribution in [0.4, 0.5) is 0 Å². The Kier molecular flexibility index (Phi) is 8.57. The maximum Gasteiger partial charge on any atom is 0.343 e. The zero-order valence-electron chi connectivity index (χ0n) is 26.1. The molecule has 2 saturated heterocycles. The molecule has 1 N–H and O–H groups in total. The lowest BCUT2D eigenvalue weighted by Crippen LogP contribution is -2.60. The number of nitrogens with zero attached hydrogens (tertiary/aromatic N) is 1. The fourth-order valence-corrected chi connectivity index (χ4v) is 9.02. The summed E-state index contributed by atoms with van der Waals surface area (Å²) in [7, 11) is 1.58. The van der Waals surface area contributed by atoms with Crippen LogP contribution >= 0.6 is 0 Å². The van der Waals surface area contributed by atoms with Gasteiger partial charge in [-0.2, -0.15) is 0 Å². The van der Waals surface area contributed by atoms with Gasteiger partial charge in [0.1, 0.15) is 5.76 Å². The maximum absolute atomic E-state index is 12.5. The van der Waals surface area contributed by atoms with Gasteiger partial charge in [-0.1, -0.05) is 57.9 Å². The Morgan fingerprint density at radius 1 is 1.14 bits per heavy atom. The average Bonchev–Trinajstić information content (AvgIpc) is 3.60. The number of aryl methyl sites for hydroxylation is 1. The van der Waals surface area contributed by atoms with E-state index in [1.165, 1.54) is 43.2 Å². The summed E-state index contributed by atoms with van der Waals surface area (Å²) in [6.07, 6.45) is 11.9.